The number of piperidine rings is 1. The van der Waals surface area contributed by atoms with Crippen molar-refractivity contribution in [1.82, 2.24) is 0 Å². The molecule has 4 nitrogen and oxygen atoms in total. The summed E-state index contributed by atoms with van der Waals surface area (Å²) in [5.41, 5.74) is 1.75. The highest BCUT2D eigenvalue weighted by Crippen LogP contribution is 2.27. The minimum absolute atomic E-state index is 0.0994. The first-order valence-corrected chi connectivity index (χ1v) is 9.42. The molecule has 1 aliphatic carbocycles. The zero-order valence-electron chi connectivity index (χ0n) is 14.4. The van der Waals surface area contributed by atoms with Gasteiger partial charge in [0.25, 0.3) is 0 Å². The van der Waals surface area contributed by atoms with Gasteiger partial charge in [-0.15, -0.1) is 0 Å². The van der Waals surface area contributed by atoms with Crippen molar-refractivity contribution >= 4 is 23.2 Å². The van der Waals surface area contributed by atoms with Crippen LogP contribution in [-0.4, -0.2) is 18.4 Å². The Kier molecular flexibility index (Phi) is 5.89. The second kappa shape index (κ2) is 8.32. The molecule has 1 heterocycles. The summed E-state index contributed by atoms with van der Waals surface area (Å²) in [5, 5.41) is 2.98. The van der Waals surface area contributed by atoms with E-state index in [-0.39, 0.29) is 11.8 Å². The topological polar surface area (TPSA) is 49.4 Å². The van der Waals surface area contributed by atoms with E-state index >= 15 is 0 Å². The van der Waals surface area contributed by atoms with E-state index in [1.165, 1.54) is 32.1 Å². The number of amides is 2. The molecular weight excluding hydrogens is 300 g/mol. The van der Waals surface area contributed by atoms with Gasteiger partial charge in [-0.1, -0.05) is 32.1 Å². The molecule has 2 amide bonds. The molecule has 3 rings (SSSR count). The summed E-state index contributed by atoms with van der Waals surface area (Å²) in [4.78, 5) is 25.9. The number of hydrogen-bond donors (Lipinski definition) is 1. The molecule has 0 unspecified atom stereocenters. The lowest BCUT2D eigenvalue weighted by Crippen LogP contribution is -2.35. The van der Waals surface area contributed by atoms with Crippen molar-refractivity contribution in [3.05, 3.63) is 24.3 Å². The maximum Gasteiger partial charge on any atom is 0.226 e. The smallest absolute Gasteiger partial charge is 0.226 e. The Labute approximate surface area is 144 Å². The van der Waals surface area contributed by atoms with Crippen LogP contribution in [0.4, 0.5) is 11.4 Å². The number of carbonyl (C=O) groups is 2. The molecule has 1 aromatic rings. The summed E-state index contributed by atoms with van der Waals surface area (Å²) in [6, 6.07) is 7.66. The average Bonchev–Trinajstić information content (AvgIpc) is 2.62. The number of anilines is 2. The van der Waals surface area contributed by atoms with Crippen molar-refractivity contribution in [2.24, 2.45) is 5.92 Å². The van der Waals surface area contributed by atoms with Gasteiger partial charge < -0.3 is 10.2 Å². The zero-order chi connectivity index (χ0) is 16.8. The average molecular weight is 328 g/mol. The molecular formula is C20H28N2O2. The maximum atomic E-state index is 12.1. The number of benzene rings is 1. The van der Waals surface area contributed by atoms with Crippen LogP contribution in [0, 0.1) is 5.92 Å². The molecule has 2 fully saturated rings. The molecule has 0 spiro atoms. The molecule has 0 aromatic heterocycles. The van der Waals surface area contributed by atoms with Crippen molar-refractivity contribution in [1.29, 1.82) is 0 Å². The third-order valence-electron chi connectivity index (χ3n) is 5.29. The Morgan fingerprint density at radius 1 is 1.04 bits per heavy atom. The first-order valence-electron chi connectivity index (χ1n) is 9.42. The standard InChI is InChI=1S/C20H28N2O2/c23-19(14-9-16-6-2-1-3-7-16)21-17-10-12-18(13-11-17)22-15-5-4-8-20(22)24/h10-13,16H,1-9,14-15H2,(H,21,23). The SMILES string of the molecule is O=C(CCC1CCCCC1)Nc1ccc(N2CCCCC2=O)cc1. The van der Waals surface area contributed by atoms with Gasteiger partial charge in [0.15, 0.2) is 0 Å². The Morgan fingerprint density at radius 3 is 2.50 bits per heavy atom. The fourth-order valence-corrected chi connectivity index (χ4v) is 3.84. The maximum absolute atomic E-state index is 12.1. The van der Waals surface area contributed by atoms with E-state index < -0.39 is 0 Å². The van der Waals surface area contributed by atoms with Crippen LogP contribution < -0.4 is 10.2 Å². The Hall–Kier alpha value is -1.84. The molecule has 1 saturated heterocycles. The predicted molar refractivity (Wildman–Crippen MR) is 97.1 cm³/mol. The van der Waals surface area contributed by atoms with Gasteiger partial charge >= 0.3 is 0 Å². The van der Waals surface area contributed by atoms with E-state index in [0.717, 1.165) is 43.1 Å². The first-order chi connectivity index (χ1) is 11.7. The van der Waals surface area contributed by atoms with Crippen LogP contribution in [0.3, 0.4) is 0 Å². The second-order valence-electron chi connectivity index (χ2n) is 7.14. The largest absolute Gasteiger partial charge is 0.326 e. The molecule has 0 radical (unpaired) electrons. The van der Waals surface area contributed by atoms with Gasteiger partial charge in [-0.25, -0.2) is 0 Å². The summed E-state index contributed by atoms with van der Waals surface area (Å²) in [6.07, 6.45) is 10.9. The molecule has 2 aliphatic rings. The molecule has 24 heavy (non-hydrogen) atoms. The lowest BCUT2D eigenvalue weighted by molar-refractivity contribution is -0.119. The summed E-state index contributed by atoms with van der Waals surface area (Å²) in [7, 11) is 0. The number of nitrogens with one attached hydrogen (secondary N) is 1. The lowest BCUT2D eigenvalue weighted by atomic mass is 9.86. The summed E-state index contributed by atoms with van der Waals surface area (Å²) < 4.78 is 0. The molecule has 0 bridgehead atoms. The third kappa shape index (κ3) is 4.59. The number of rotatable bonds is 5. The van der Waals surface area contributed by atoms with Crippen LogP contribution in [0.1, 0.15) is 64.2 Å². The monoisotopic (exact) mass is 328 g/mol. The number of carbonyl (C=O) groups excluding carboxylic acids is 2. The fourth-order valence-electron chi connectivity index (χ4n) is 3.84. The van der Waals surface area contributed by atoms with Gasteiger partial charge in [-0.3, -0.25) is 9.59 Å². The quantitative estimate of drug-likeness (QED) is 0.865. The van der Waals surface area contributed by atoms with E-state index in [4.69, 9.17) is 0 Å². The molecule has 0 atom stereocenters. The van der Waals surface area contributed by atoms with Crippen LogP contribution in [0.25, 0.3) is 0 Å². The van der Waals surface area contributed by atoms with E-state index in [0.29, 0.717) is 12.8 Å². The molecule has 4 heteroatoms. The molecule has 1 saturated carbocycles. The van der Waals surface area contributed by atoms with Gasteiger partial charge in [-0.2, -0.15) is 0 Å². The van der Waals surface area contributed by atoms with Gasteiger partial charge in [-0.05, 0) is 49.4 Å². The highest BCUT2D eigenvalue weighted by atomic mass is 16.2. The normalized spacial score (nSPS) is 19.3. The van der Waals surface area contributed by atoms with Crippen LogP contribution in [-0.2, 0) is 9.59 Å². The molecule has 1 aromatic carbocycles. The Bertz CT molecular complexity index is 562. The van der Waals surface area contributed by atoms with Gasteiger partial charge in [0.1, 0.15) is 0 Å². The Morgan fingerprint density at radius 2 is 1.79 bits per heavy atom. The van der Waals surface area contributed by atoms with Crippen LogP contribution >= 0.6 is 0 Å². The van der Waals surface area contributed by atoms with Crippen molar-refractivity contribution in [3.63, 3.8) is 0 Å². The number of hydrogen-bond acceptors (Lipinski definition) is 2. The predicted octanol–water partition coefficient (Wildman–Crippen LogP) is 4.50. The highest BCUT2D eigenvalue weighted by molar-refractivity contribution is 5.95. The van der Waals surface area contributed by atoms with Gasteiger partial charge in [0, 0.05) is 30.8 Å². The highest BCUT2D eigenvalue weighted by Gasteiger charge is 2.19. The van der Waals surface area contributed by atoms with Crippen LogP contribution in [0.5, 0.6) is 0 Å². The minimum atomic E-state index is 0.0994. The van der Waals surface area contributed by atoms with E-state index in [2.05, 4.69) is 5.32 Å². The summed E-state index contributed by atoms with van der Waals surface area (Å²) in [5.74, 6) is 1.03. The van der Waals surface area contributed by atoms with Gasteiger partial charge in [0.2, 0.25) is 11.8 Å². The lowest BCUT2D eigenvalue weighted by Gasteiger charge is -2.26. The second-order valence-corrected chi connectivity index (χ2v) is 7.14. The van der Waals surface area contributed by atoms with E-state index in [1.54, 1.807) is 0 Å². The molecule has 1 N–H and O–H groups in total. The van der Waals surface area contributed by atoms with Gasteiger partial charge in [0.05, 0.1) is 0 Å². The van der Waals surface area contributed by atoms with Crippen molar-refractivity contribution in [2.45, 2.75) is 64.2 Å². The molecule has 1 aliphatic heterocycles. The zero-order valence-corrected chi connectivity index (χ0v) is 14.4. The van der Waals surface area contributed by atoms with E-state index in [1.807, 2.05) is 29.2 Å². The fraction of sp³-hybridized carbons (Fsp3) is 0.600. The molecule has 130 valence electrons. The summed E-state index contributed by atoms with van der Waals surface area (Å²) in [6.45, 7) is 0.798. The van der Waals surface area contributed by atoms with Crippen molar-refractivity contribution in [2.75, 3.05) is 16.8 Å². The number of nitrogens with zero attached hydrogens (tertiary/aromatic N) is 1. The van der Waals surface area contributed by atoms with Crippen molar-refractivity contribution < 1.29 is 9.59 Å². The van der Waals surface area contributed by atoms with E-state index in [9.17, 15) is 9.59 Å². The van der Waals surface area contributed by atoms with Crippen LogP contribution in [0.15, 0.2) is 24.3 Å². The minimum Gasteiger partial charge on any atom is -0.326 e. The Balaban J connectivity index is 1.48. The first kappa shape index (κ1) is 17.0. The third-order valence-corrected chi connectivity index (χ3v) is 5.29. The summed E-state index contributed by atoms with van der Waals surface area (Å²) >= 11 is 0. The van der Waals surface area contributed by atoms with Crippen LogP contribution in [0.2, 0.25) is 0 Å². The van der Waals surface area contributed by atoms with Crippen molar-refractivity contribution in [3.8, 4) is 0 Å².